The van der Waals surface area contributed by atoms with Crippen molar-refractivity contribution in [2.24, 2.45) is 4.99 Å². The molecule has 3 aromatic rings. The predicted octanol–water partition coefficient (Wildman–Crippen LogP) is 2.51. The second-order valence-electron chi connectivity index (χ2n) is 6.41. The van der Waals surface area contributed by atoms with E-state index < -0.39 is 22.0 Å². The van der Waals surface area contributed by atoms with E-state index in [0.717, 1.165) is 5.56 Å². The summed E-state index contributed by atoms with van der Waals surface area (Å²) in [7, 11) is -3.66. The average molecular weight is 411 g/mol. The number of fused-ring (bicyclic) bond motifs is 1. The van der Waals surface area contributed by atoms with Crippen molar-refractivity contribution in [3.63, 3.8) is 0 Å². The minimum absolute atomic E-state index is 0.101. The van der Waals surface area contributed by atoms with Gasteiger partial charge in [0.15, 0.2) is 12.4 Å². The lowest BCUT2D eigenvalue weighted by Crippen LogP contribution is -2.26. The van der Waals surface area contributed by atoms with Gasteiger partial charge in [0, 0.05) is 17.2 Å². The van der Waals surface area contributed by atoms with Crippen LogP contribution in [0.4, 0.5) is 0 Å². The Kier molecular flexibility index (Phi) is 4.89. The molecule has 0 saturated carbocycles. The number of nitrogens with zero attached hydrogens (tertiary/aromatic N) is 2. The van der Waals surface area contributed by atoms with Crippen LogP contribution in [0.2, 0.25) is 0 Å². The fraction of sp³-hybridized carbons (Fsp3) is 0.150. The first-order chi connectivity index (χ1) is 13.9. The van der Waals surface area contributed by atoms with Crippen LogP contribution in [0.25, 0.3) is 11.3 Å². The molecule has 1 aliphatic heterocycles. The lowest BCUT2D eigenvalue weighted by Gasteiger charge is -2.07. The lowest BCUT2D eigenvalue weighted by atomic mass is 10.1. The van der Waals surface area contributed by atoms with Gasteiger partial charge in [0.25, 0.3) is 10.0 Å². The van der Waals surface area contributed by atoms with E-state index in [1.54, 1.807) is 24.3 Å². The largest absolute Gasteiger partial charge is 0.456 e. The van der Waals surface area contributed by atoms with Crippen LogP contribution >= 0.6 is 0 Å². The van der Waals surface area contributed by atoms with Gasteiger partial charge in [-0.2, -0.15) is 0 Å². The Labute approximate surface area is 167 Å². The van der Waals surface area contributed by atoms with Gasteiger partial charge in [-0.1, -0.05) is 47.6 Å². The molecule has 1 N–H and O–H groups in total. The summed E-state index contributed by atoms with van der Waals surface area (Å²) in [6.07, 6.45) is 0. The highest BCUT2D eigenvalue weighted by Crippen LogP contribution is 2.23. The predicted molar refractivity (Wildman–Crippen MR) is 104 cm³/mol. The van der Waals surface area contributed by atoms with Crippen LogP contribution in [0.5, 0.6) is 0 Å². The van der Waals surface area contributed by atoms with Gasteiger partial charge in [0.2, 0.25) is 0 Å². The summed E-state index contributed by atoms with van der Waals surface area (Å²) in [6, 6.07) is 16.7. The number of carbonyl (C=O) groups excluding carboxylic acids is 1. The van der Waals surface area contributed by atoms with E-state index in [1.807, 2.05) is 30.3 Å². The maximum absolute atomic E-state index is 12.3. The van der Waals surface area contributed by atoms with Gasteiger partial charge >= 0.3 is 5.97 Å². The summed E-state index contributed by atoms with van der Waals surface area (Å²) >= 11 is 0. The van der Waals surface area contributed by atoms with Crippen LogP contribution in [0, 0.1) is 0 Å². The molecule has 2 aromatic carbocycles. The van der Waals surface area contributed by atoms with Crippen molar-refractivity contribution in [3.8, 4) is 11.3 Å². The Balaban J connectivity index is 1.42. The average Bonchev–Trinajstić information content (AvgIpc) is 3.30. The molecule has 148 valence electrons. The lowest BCUT2D eigenvalue weighted by molar-refractivity contribution is -0.146. The standard InChI is InChI=1S/C20H17N3O5S/c1-13(21-19-16-9-5-6-10-18(16)29(25,26)23-19)20(24)27-12-15-11-17(22-28-15)14-7-3-2-4-8-14/h2-11,13H,12H2,1H3,(H,21,23)/t13-/m1/s1. The van der Waals surface area contributed by atoms with Gasteiger partial charge in [-0.25, -0.2) is 13.2 Å². The highest BCUT2D eigenvalue weighted by Gasteiger charge is 2.31. The summed E-state index contributed by atoms with van der Waals surface area (Å²) in [6.45, 7) is 1.43. The molecule has 1 aromatic heterocycles. The number of aliphatic imine (C=N–C) groups is 1. The number of sulfonamides is 1. The molecule has 0 unspecified atom stereocenters. The monoisotopic (exact) mass is 411 g/mol. The summed E-state index contributed by atoms with van der Waals surface area (Å²) in [5, 5.41) is 3.96. The molecule has 0 fully saturated rings. The van der Waals surface area contributed by atoms with Gasteiger partial charge in [0.05, 0.1) is 4.90 Å². The highest BCUT2D eigenvalue weighted by atomic mass is 32.2. The molecule has 0 spiro atoms. The number of amidine groups is 1. The third-order valence-corrected chi connectivity index (χ3v) is 5.71. The molecule has 9 heteroatoms. The molecule has 8 nitrogen and oxygen atoms in total. The van der Waals surface area contributed by atoms with E-state index in [2.05, 4.69) is 14.9 Å². The number of benzene rings is 2. The molecule has 1 atom stereocenters. The zero-order chi connectivity index (χ0) is 20.4. The molecule has 0 aliphatic carbocycles. The van der Waals surface area contributed by atoms with Crippen LogP contribution in [-0.4, -0.2) is 31.4 Å². The van der Waals surface area contributed by atoms with Crippen LogP contribution in [0.3, 0.4) is 0 Å². The molecule has 2 heterocycles. The van der Waals surface area contributed by atoms with Gasteiger partial charge in [0.1, 0.15) is 17.6 Å². The number of hydrogen-bond donors (Lipinski definition) is 1. The van der Waals surface area contributed by atoms with Crippen LogP contribution in [-0.2, 0) is 26.2 Å². The smallest absolute Gasteiger partial charge is 0.331 e. The first-order valence-electron chi connectivity index (χ1n) is 8.82. The van der Waals surface area contributed by atoms with E-state index in [1.165, 1.54) is 13.0 Å². The summed E-state index contributed by atoms with van der Waals surface area (Å²) in [5.41, 5.74) is 1.96. The third kappa shape index (κ3) is 3.90. The quantitative estimate of drug-likeness (QED) is 0.646. The fourth-order valence-corrected chi connectivity index (χ4v) is 4.10. The van der Waals surface area contributed by atoms with Crippen molar-refractivity contribution in [3.05, 3.63) is 72.0 Å². The minimum Gasteiger partial charge on any atom is -0.456 e. The van der Waals surface area contributed by atoms with Crippen molar-refractivity contribution in [1.29, 1.82) is 0 Å². The molecule has 0 radical (unpaired) electrons. The summed E-state index contributed by atoms with van der Waals surface area (Å²) in [5.74, 6) is -0.0983. The highest BCUT2D eigenvalue weighted by molar-refractivity contribution is 7.90. The molecular formula is C20H17N3O5S. The molecular weight excluding hydrogens is 394 g/mol. The zero-order valence-corrected chi connectivity index (χ0v) is 16.2. The molecule has 0 bridgehead atoms. The van der Waals surface area contributed by atoms with Crippen LogP contribution in [0.15, 0.2) is 75.1 Å². The first-order valence-corrected chi connectivity index (χ1v) is 10.3. The van der Waals surface area contributed by atoms with Crippen molar-refractivity contribution < 1.29 is 22.5 Å². The van der Waals surface area contributed by atoms with E-state index in [-0.39, 0.29) is 17.3 Å². The minimum atomic E-state index is -3.66. The van der Waals surface area contributed by atoms with E-state index in [0.29, 0.717) is 17.0 Å². The maximum atomic E-state index is 12.3. The summed E-state index contributed by atoms with van der Waals surface area (Å²) < 4.78 is 37.0. The third-order valence-electron chi connectivity index (χ3n) is 4.31. The van der Waals surface area contributed by atoms with Crippen molar-refractivity contribution in [1.82, 2.24) is 9.88 Å². The molecule has 1 aliphatic rings. The Bertz CT molecular complexity index is 1190. The Morgan fingerprint density at radius 1 is 1.17 bits per heavy atom. The van der Waals surface area contributed by atoms with Crippen LogP contribution in [0.1, 0.15) is 18.2 Å². The SMILES string of the molecule is C[C@@H](N=C1NS(=O)(=O)c2ccccc21)C(=O)OCc1cc(-c2ccccc2)no1. The van der Waals surface area contributed by atoms with Gasteiger partial charge < -0.3 is 9.26 Å². The second-order valence-corrected chi connectivity index (χ2v) is 8.06. The normalized spacial score (nSPS) is 16.8. The zero-order valence-electron chi connectivity index (χ0n) is 15.4. The van der Waals surface area contributed by atoms with Crippen LogP contribution < -0.4 is 4.72 Å². The topological polar surface area (TPSA) is 111 Å². The first kappa shape index (κ1) is 18.9. The van der Waals surface area contributed by atoms with Gasteiger partial charge in [-0.15, -0.1) is 0 Å². The van der Waals surface area contributed by atoms with Crippen molar-refractivity contribution >= 4 is 21.8 Å². The molecule has 29 heavy (non-hydrogen) atoms. The van der Waals surface area contributed by atoms with Gasteiger partial charge in [-0.3, -0.25) is 9.71 Å². The number of ether oxygens (including phenoxy) is 1. The fourth-order valence-electron chi connectivity index (χ4n) is 2.86. The van der Waals surface area contributed by atoms with E-state index >= 15 is 0 Å². The number of esters is 1. The molecule has 0 amide bonds. The maximum Gasteiger partial charge on any atom is 0.331 e. The number of aromatic nitrogens is 1. The Morgan fingerprint density at radius 3 is 2.69 bits per heavy atom. The Morgan fingerprint density at radius 2 is 1.90 bits per heavy atom. The molecule has 0 saturated heterocycles. The van der Waals surface area contributed by atoms with Crippen molar-refractivity contribution in [2.75, 3.05) is 0 Å². The van der Waals surface area contributed by atoms with E-state index in [4.69, 9.17) is 9.26 Å². The van der Waals surface area contributed by atoms with Crippen molar-refractivity contribution in [2.45, 2.75) is 24.5 Å². The number of rotatable bonds is 5. The van der Waals surface area contributed by atoms with E-state index in [9.17, 15) is 13.2 Å². The van der Waals surface area contributed by atoms with Gasteiger partial charge in [-0.05, 0) is 19.1 Å². The Hall–Kier alpha value is -3.46. The number of carbonyl (C=O) groups is 1. The second kappa shape index (κ2) is 7.51. The molecule has 4 rings (SSSR count). The summed E-state index contributed by atoms with van der Waals surface area (Å²) in [4.78, 5) is 16.6. The number of nitrogens with one attached hydrogen (secondary N) is 1. The number of hydrogen-bond acceptors (Lipinski definition) is 7.